The van der Waals surface area contributed by atoms with Gasteiger partial charge in [0, 0.05) is 54.1 Å². The lowest BCUT2D eigenvalue weighted by molar-refractivity contribution is -0.122. The average molecular weight is 518 g/mol. The van der Waals surface area contributed by atoms with E-state index in [1.165, 1.54) is 12.1 Å². The van der Waals surface area contributed by atoms with Crippen molar-refractivity contribution in [1.29, 1.82) is 0 Å². The highest BCUT2D eigenvalue weighted by molar-refractivity contribution is 7.80. The number of nitrogens with zero attached hydrogens (tertiary/aromatic N) is 3. The summed E-state index contributed by atoms with van der Waals surface area (Å²) in [7, 11) is 0. The molecule has 36 heavy (non-hydrogen) atoms. The van der Waals surface area contributed by atoms with E-state index in [0.29, 0.717) is 18.0 Å². The second kappa shape index (κ2) is 11.7. The quantitative estimate of drug-likeness (QED) is 0.509. The summed E-state index contributed by atoms with van der Waals surface area (Å²) >= 11 is -2.58. The molecule has 2 unspecified atom stereocenters. The van der Waals surface area contributed by atoms with Crippen molar-refractivity contribution in [2.75, 3.05) is 28.8 Å². The number of pyridine rings is 1. The molecular weight excluding hydrogens is 479 g/mol. The first-order valence-corrected chi connectivity index (χ1v) is 13.6. The number of carbonyl (C=O) groups is 1. The van der Waals surface area contributed by atoms with Gasteiger partial charge >= 0.3 is 0 Å². The molecule has 1 N–H and O–H groups in total. The largest absolute Gasteiger partial charge is 0.755 e. The van der Waals surface area contributed by atoms with E-state index in [0.717, 1.165) is 47.3 Å². The fraction of sp³-hybridized carbons (Fsp3) is 0.556. The van der Waals surface area contributed by atoms with Gasteiger partial charge in [0.15, 0.2) is 0 Å². The SMILES string of the molecule is CCN(c1ccc(C(C)C(=O)NCc2ccc(C(C)(C)C)nc2N2CCC(C)CC2)cc1F)S(=O)[O-]. The summed E-state index contributed by atoms with van der Waals surface area (Å²) in [5.41, 5.74) is 2.32. The Morgan fingerprint density at radius 3 is 2.50 bits per heavy atom. The highest BCUT2D eigenvalue weighted by Gasteiger charge is 2.24. The van der Waals surface area contributed by atoms with Crippen LogP contribution in [0.2, 0.25) is 0 Å². The zero-order chi connectivity index (χ0) is 26.6. The maximum Gasteiger partial charge on any atom is 0.227 e. The molecule has 1 aliphatic heterocycles. The van der Waals surface area contributed by atoms with Crippen LogP contribution in [0.3, 0.4) is 0 Å². The molecular formula is C27H38FN4O3S-. The van der Waals surface area contributed by atoms with E-state index in [-0.39, 0.29) is 23.6 Å². The van der Waals surface area contributed by atoms with Crippen molar-refractivity contribution in [1.82, 2.24) is 10.3 Å². The van der Waals surface area contributed by atoms with Gasteiger partial charge < -0.3 is 14.8 Å². The van der Waals surface area contributed by atoms with Gasteiger partial charge in [0.25, 0.3) is 0 Å². The molecule has 1 aromatic heterocycles. The lowest BCUT2D eigenvalue weighted by Gasteiger charge is -2.33. The number of hydrogen-bond donors (Lipinski definition) is 1. The van der Waals surface area contributed by atoms with Gasteiger partial charge in [0.1, 0.15) is 11.6 Å². The van der Waals surface area contributed by atoms with Gasteiger partial charge in [-0.05, 0) is 56.4 Å². The van der Waals surface area contributed by atoms with Crippen LogP contribution in [0.25, 0.3) is 0 Å². The summed E-state index contributed by atoms with van der Waals surface area (Å²) in [5, 5.41) is 2.99. The summed E-state index contributed by atoms with van der Waals surface area (Å²) in [6, 6.07) is 8.29. The van der Waals surface area contributed by atoms with E-state index in [1.807, 2.05) is 12.1 Å². The van der Waals surface area contributed by atoms with Crippen LogP contribution in [-0.4, -0.2) is 39.3 Å². The molecule has 2 heterocycles. The Hall–Kier alpha value is -2.52. The van der Waals surface area contributed by atoms with Crippen LogP contribution in [0.15, 0.2) is 30.3 Å². The Kier molecular flexibility index (Phi) is 9.11. The van der Waals surface area contributed by atoms with Crippen molar-refractivity contribution in [3.05, 3.63) is 53.0 Å². The van der Waals surface area contributed by atoms with Crippen molar-refractivity contribution in [2.45, 2.75) is 72.3 Å². The molecule has 1 aliphatic rings. The highest BCUT2D eigenvalue weighted by atomic mass is 32.2. The fourth-order valence-corrected chi connectivity index (χ4v) is 4.88. The van der Waals surface area contributed by atoms with Gasteiger partial charge in [0.2, 0.25) is 5.91 Å². The second-order valence-corrected chi connectivity index (χ2v) is 11.5. The second-order valence-electron chi connectivity index (χ2n) is 10.7. The monoisotopic (exact) mass is 517 g/mol. The topological polar surface area (TPSA) is 88.6 Å². The van der Waals surface area contributed by atoms with Gasteiger partial charge in [0.05, 0.1) is 11.6 Å². The molecule has 1 aromatic carbocycles. The van der Waals surface area contributed by atoms with Crippen LogP contribution in [0.1, 0.15) is 77.1 Å². The van der Waals surface area contributed by atoms with Crippen molar-refractivity contribution >= 4 is 28.7 Å². The molecule has 7 nitrogen and oxygen atoms in total. The number of hydrogen-bond acceptors (Lipinski definition) is 5. The van der Waals surface area contributed by atoms with E-state index >= 15 is 0 Å². The third kappa shape index (κ3) is 6.62. The molecule has 0 aliphatic carbocycles. The van der Waals surface area contributed by atoms with Crippen LogP contribution in [-0.2, 0) is 28.0 Å². The van der Waals surface area contributed by atoms with Gasteiger partial charge in [-0.2, -0.15) is 0 Å². The molecule has 0 radical (unpaired) electrons. The summed E-state index contributed by atoms with van der Waals surface area (Å²) in [6.07, 6.45) is 2.22. The number of aromatic nitrogens is 1. The molecule has 0 bridgehead atoms. The van der Waals surface area contributed by atoms with E-state index in [4.69, 9.17) is 4.98 Å². The van der Waals surface area contributed by atoms with Gasteiger partial charge in [-0.15, -0.1) is 0 Å². The van der Waals surface area contributed by atoms with E-state index in [2.05, 4.69) is 37.9 Å². The summed E-state index contributed by atoms with van der Waals surface area (Å²) in [6.45, 7) is 14.3. The number of piperidine rings is 1. The van der Waals surface area contributed by atoms with Crippen molar-refractivity contribution in [3.63, 3.8) is 0 Å². The predicted octanol–water partition coefficient (Wildman–Crippen LogP) is 4.79. The van der Waals surface area contributed by atoms with Gasteiger partial charge in [-0.3, -0.25) is 13.3 Å². The normalized spacial score (nSPS) is 16.5. The molecule has 9 heteroatoms. The number of halogens is 1. The van der Waals surface area contributed by atoms with Crippen molar-refractivity contribution in [2.24, 2.45) is 5.92 Å². The number of carbonyl (C=O) groups excluding carboxylic acids is 1. The number of rotatable bonds is 8. The van der Waals surface area contributed by atoms with E-state index in [9.17, 15) is 17.9 Å². The van der Waals surface area contributed by atoms with Gasteiger partial charge in [-0.1, -0.05) is 39.8 Å². The third-order valence-corrected chi connectivity index (χ3v) is 7.68. The maximum atomic E-state index is 14.7. The van der Waals surface area contributed by atoms with E-state index < -0.39 is 23.0 Å². The van der Waals surface area contributed by atoms with Gasteiger partial charge in [-0.25, -0.2) is 9.37 Å². The zero-order valence-electron chi connectivity index (χ0n) is 22.1. The molecule has 0 spiro atoms. The molecule has 3 rings (SSSR count). The minimum Gasteiger partial charge on any atom is -0.755 e. The molecule has 2 atom stereocenters. The lowest BCUT2D eigenvalue weighted by atomic mass is 9.91. The minimum atomic E-state index is -2.58. The predicted molar refractivity (Wildman–Crippen MR) is 142 cm³/mol. The first kappa shape index (κ1) is 28.1. The van der Waals surface area contributed by atoms with Crippen molar-refractivity contribution < 1.29 is 17.9 Å². The Morgan fingerprint density at radius 2 is 1.94 bits per heavy atom. The zero-order valence-corrected chi connectivity index (χ0v) is 23.0. The fourth-order valence-electron chi connectivity index (χ4n) is 4.36. The maximum absolute atomic E-state index is 14.7. The Balaban J connectivity index is 1.76. The molecule has 0 saturated carbocycles. The van der Waals surface area contributed by atoms with Crippen LogP contribution >= 0.6 is 0 Å². The lowest BCUT2D eigenvalue weighted by Crippen LogP contribution is -2.36. The first-order valence-electron chi connectivity index (χ1n) is 12.6. The molecule has 1 amide bonds. The minimum absolute atomic E-state index is 0.0345. The van der Waals surface area contributed by atoms with Crippen LogP contribution < -0.4 is 14.5 Å². The molecule has 198 valence electrons. The number of amides is 1. The number of nitrogens with one attached hydrogen (secondary N) is 1. The Bertz CT molecular complexity index is 1100. The van der Waals surface area contributed by atoms with Crippen molar-refractivity contribution in [3.8, 4) is 0 Å². The first-order chi connectivity index (χ1) is 16.9. The van der Waals surface area contributed by atoms with E-state index in [1.54, 1.807) is 19.9 Å². The average Bonchev–Trinajstić information content (AvgIpc) is 2.83. The number of anilines is 2. The third-order valence-electron chi connectivity index (χ3n) is 6.86. The standard InChI is InChI=1S/C27H39FN4O3S/c1-7-32(36(34)35)23-10-8-20(16-22(23)28)19(3)26(33)29-17-21-9-11-24(27(4,5)6)30-25(21)31-14-12-18(2)13-15-31/h8-11,16,18-19H,7,12-15,17H2,1-6H3,(H,29,33)(H,34,35)/p-1. The molecule has 1 saturated heterocycles. The summed E-state index contributed by atoms with van der Waals surface area (Å²) in [4.78, 5) is 20.3. The molecule has 2 aromatic rings. The molecule has 1 fully saturated rings. The summed E-state index contributed by atoms with van der Waals surface area (Å²) < 4.78 is 38.3. The van der Waals surface area contributed by atoms with Crippen LogP contribution in [0.4, 0.5) is 15.9 Å². The van der Waals surface area contributed by atoms with Crippen LogP contribution in [0, 0.1) is 11.7 Å². The smallest absolute Gasteiger partial charge is 0.227 e. The highest BCUT2D eigenvalue weighted by Crippen LogP contribution is 2.29. The Labute approximate surface area is 216 Å². The number of benzene rings is 1. The summed E-state index contributed by atoms with van der Waals surface area (Å²) in [5.74, 6) is 0.0908. The van der Waals surface area contributed by atoms with Crippen LogP contribution in [0.5, 0.6) is 0 Å². The Morgan fingerprint density at radius 1 is 1.28 bits per heavy atom.